The molecule has 90 valence electrons. The van der Waals surface area contributed by atoms with Crippen LogP contribution >= 0.6 is 22.9 Å². The molecule has 0 spiro atoms. The van der Waals surface area contributed by atoms with E-state index in [1.165, 1.54) is 17.4 Å². The van der Waals surface area contributed by atoms with Crippen LogP contribution in [0, 0.1) is 10.1 Å². The van der Waals surface area contributed by atoms with Crippen LogP contribution in [0.15, 0.2) is 6.07 Å². The first kappa shape index (κ1) is 13.4. The van der Waals surface area contributed by atoms with Gasteiger partial charge in [0.2, 0.25) is 0 Å². The summed E-state index contributed by atoms with van der Waals surface area (Å²) in [6.45, 7) is 3.97. The van der Waals surface area contributed by atoms with Crippen molar-refractivity contribution in [2.24, 2.45) is 0 Å². The van der Waals surface area contributed by atoms with Crippen LogP contribution in [0.2, 0.25) is 4.34 Å². The third-order valence-corrected chi connectivity index (χ3v) is 3.55. The number of nitro groups is 1. The Hall–Kier alpha value is -0.690. The molecule has 16 heavy (non-hydrogen) atoms. The van der Waals surface area contributed by atoms with Gasteiger partial charge in [-0.15, -0.1) is 11.3 Å². The van der Waals surface area contributed by atoms with Gasteiger partial charge in [-0.3, -0.25) is 10.1 Å². The van der Waals surface area contributed by atoms with Crippen molar-refractivity contribution >= 4 is 28.6 Å². The van der Waals surface area contributed by atoms with Crippen LogP contribution in [-0.2, 0) is 0 Å². The Kier molecular flexibility index (Phi) is 4.67. The highest BCUT2D eigenvalue weighted by molar-refractivity contribution is 7.16. The molecular formula is C9H13ClN2O3S. The van der Waals surface area contributed by atoms with Crippen LogP contribution in [-0.4, -0.2) is 22.7 Å². The maximum absolute atomic E-state index is 10.6. The number of aliphatic hydroxyl groups excluding tert-OH is 1. The first-order valence-corrected chi connectivity index (χ1v) is 5.96. The summed E-state index contributed by atoms with van der Waals surface area (Å²) >= 11 is 6.93. The molecule has 7 heteroatoms. The maximum Gasteiger partial charge on any atom is 0.299 e. The molecular weight excluding hydrogens is 252 g/mol. The average molecular weight is 265 g/mol. The fourth-order valence-corrected chi connectivity index (χ4v) is 2.43. The number of halogens is 1. The second-order valence-corrected chi connectivity index (χ2v) is 5.23. The molecule has 2 atom stereocenters. The number of thiophene rings is 1. The summed E-state index contributed by atoms with van der Waals surface area (Å²) in [4.78, 5) is 10.9. The van der Waals surface area contributed by atoms with Gasteiger partial charge in [0.25, 0.3) is 5.69 Å². The van der Waals surface area contributed by atoms with E-state index in [-0.39, 0.29) is 16.1 Å². The molecule has 0 saturated carbocycles. The Morgan fingerprint density at radius 1 is 1.69 bits per heavy atom. The molecule has 0 radical (unpaired) electrons. The molecule has 1 aromatic rings. The molecule has 0 aliphatic heterocycles. The van der Waals surface area contributed by atoms with E-state index in [4.69, 9.17) is 16.7 Å². The third kappa shape index (κ3) is 3.41. The molecule has 1 rings (SSSR count). The quantitative estimate of drug-likeness (QED) is 0.632. The number of aliphatic hydroxyl groups is 1. The zero-order valence-corrected chi connectivity index (χ0v) is 10.5. The highest BCUT2D eigenvalue weighted by atomic mass is 35.5. The summed E-state index contributed by atoms with van der Waals surface area (Å²) in [6.07, 6.45) is -0.451. The second-order valence-electron chi connectivity index (χ2n) is 3.54. The topological polar surface area (TPSA) is 75.4 Å². The van der Waals surface area contributed by atoms with Crippen LogP contribution in [0.4, 0.5) is 5.69 Å². The minimum absolute atomic E-state index is 0.0626. The standard InChI is InChI=1S/C9H13ClN2O3S/c1-5(13)4-11-6(2)8-3-7(12(14)15)9(10)16-8/h3,5-6,11,13H,4H2,1-2H3. The van der Waals surface area contributed by atoms with Gasteiger partial charge in [0.05, 0.1) is 11.0 Å². The number of hydrogen-bond donors (Lipinski definition) is 2. The number of nitrogens with zero attached hydrogens (tertiary/aromatic N) is 1. The van der Waals surface area contributed by atoms with Crippen LogP contribution < -0.4 is 5.32 Å². The summed E-state index contributed by atoms with van der Waals surface area (Å²) in [5.41, 5.74) is -0.0626. The molecule has 0 aliphatic carbocycles. The Morgan fingerprint density at radius 2 is 2.31 bits per heavy atom. The van der Waals surface area contributed by atoms with Crippen LogP contribution in [0.5, 0.6) is 0 Å². The minimum Gasteiger partial charge on any atom is -0.392 e. The van der Waals surface area contributed by atoms with E-state index in [1.807, 2.05) is 6.92 Å². The Morgan fingerprint density at radius 3 is 2.75 bits per heavy atom. The summed E-state index contributed by atoms with van der Waals surface area (Å²) in [5, 5.41) is 22.8. The van der Waals surface area contributed by atoms with Gasteiger partial charge in [-0.1, -0.05) is 11.6 Å². The summed E-state index contributed by atoms with van der Waals surface area (Å²) in [5.74, 6) is 0. The third-order valence-electron chi connectivity index (χ3n) is 2.03. The average Bonchev–Trinajstić information content (AvgIpc) is 2.56. The van der Waals surface area contributed by atoms with Crippen LogP contribution in [0.3, 0.4) is 0 Å². The van der Waals surface area contributed by atoms with E-state index in [0.29, 0.717) is 6.54 Å². The molecule has 0 fully saturated rings. The molecule has 0 amide bonds. The van der Waals surface area contributed by atoms with Crippen molar-refractivity contribution < 1.29 is 10.0 Å². The Balaban J connectivity index is 2.73. The number of rotatable bonds is 5. The highest BCUT2D eigenvalue weighted by Crippen LogP contribution is 2.36. The fraction of sp³-hybridized carbons (Fsp3) is 0.556. The van der Waals surface area contributed by atoms with Gasteiger partial charge in [0.1, 0.15) is 0 Å². The predicted octanol–water partition coefficient (Wildman–Crippen LogP) is 2.34. The van der Waals surface area contributed by atoms with Gasteiger partial charge >= 0.3 is 0 Å². The Labute approximate surface area is 102 Å². The first-order chi connectivity index (χ1) is 7.41. The summed E-state index contributed by atoms with van der Waals surface area (Å²) in [6, 6.07) is 1.40. The van der Waals surface area contributed by atoms with E-state index < -0.39 is 11.0 Å². The van der Waals surface area contributed by atoms with Gasteiger partial charge in [-0.2, -0.15) is 0 Å². The normalized spacial score (nSPS) is 14.8. The highest BCUT2D eigenvalue weighted by Gasteiger charge is 2.20. The smallest absolute Gasteiger partial charge is 0.299 e. The molecule has 0 aliphatic rings. The van der Waals surface area contributed by atoms with E-state index >= 15 is 0 Å². The van der Waals surface area contributed by atoms with Crippen LogP contribution in [0.25, 0.3) is 0 Å². The van der Waals surface area contributed by atoms with Crippen molar-refractivity contribution in [2.75, 3.05) is 6.54 Å². The molecule has 0 saturated heterocycles. The van der Waals surface area contributed by atoms with Crippen molar-refractivity contribution in [1.29, 1.82) is 0 Å². The monoisotopic (exact) mass is 264 g/mol. The largest absolute Gasteiger partial charge is 0.392 e. The molecule has 0 aromatic carbocycles. The maximum atomic E-state index is 10.6. The van der Waals surface area contributed by atoms with Crippen molar-refractivity contribution in [2.45, 2.75) is 26.0 Å². The van der Waals surface area contributed by atoms with Crippen molar-refractivity contribution in [3.05, 3.63) is 25.4 Å². The van der Waals surface area contributed by atoms with Gasteiger partial charge < -0.3 is 10.4 Å². The van der Waals surface area contributed by atoms with E-state index in [9.17, 15) is 10.1 Å². The number of nitrogens with one attached hydrogen (secondary N) is 1. The summed E-state index contributed by atoms with van der Waals surface area (Å²) in [7, 11) is 0. The van der Waals surface area contributed by atoms with Crippen LogP contribution in [0.1, 0.15) is 24.8 Å². The van der Waals surface area contributed by atoms with Crippen molar-refractivity contribution in [3.8, 4) is 0 Å². The van der Waals surface area contributed by atoms with Gasteiger partial charge in [-0.25, -0.2) is 0 Å². The lowest BCUT2D eigenvalue weighted by Gasteiger charge is -2.12. The van der Waals surface area contributed by atoms with Gasteiger partial charge in [0.15, 0.2) is 4.34 Å². The zero-order chi connectivity index (χ0) is 12.3. The van der Waals surface area contributed by atoms with Crippen molar-refractivity contribution in [3.63, 3.8) is 0 Å². The molecule has 0 bridgehead atoms. The molecule has 5 nitrogen and oxygen atoms in total. The molecule has 2 N–H and O–H groups in total. The lowest BCUT2D eigenvalue weighted by molar-refractivity contribution is -0.384. The van der Waals surface area contributed by atoms with E-state index in [1.54, 1.807) is 6.92 Å². The lowest BCUT2D eigenvalue weighted by Crippen LogP contribution is -2.26. The zero-order valence-electron chi connectivity index (χ0n) is 8.94. The predicted molar refractivity (Wildman–Crippen MR) is 64.1 cm³/mol. The summed E-state index contributed by atoms with van der Waals surface area (Å²) < 4.78 is 0.186. The van der Waals surface area contributed by atoms with Gasteiger partial charge in [0, 0.05) is 23.5 Å². The van der Waals surface area contributed by atoms with E-state index in [0.717, 1.165) is 4.88 Å². The first-order valence-electron chi connectivity index (χ1n) is 4.77. The molecule has 1 aromatic heterocycles. The van der Waals surface area contributed by atoms with E-state index in [2.05, 4.69) is 5.32 Å². The number of hydrogen-bond acceptors (Lipinski definition) is 5. The van der Waals surface area contributed by atoms with Gasteiger partial charge in [-0.05, 0) is 13.8 Å². The fourth-order valence-electron chi connectivity index (χ4n) is 1.16. The SMILES string of the molecule is CC(O)CNC(C)c1cc([N+](=O)[O-])c(Cl)s1. The molecule has 2 unspecified atom stereocenters. The lowest BCUT2D eigenvalue weighted by atomic mass is 10.2. The Bertz CT molecular complexity index is 381. The second kappa shape index (κ2) is 5.58. The molecule has 1 heterocycles. The minimum atomic E-state index is -0.496. The van der Waals surface area contributed by atoms with Crippen molar-refractivity contribution in [1.82, 2.24) is 5.32 Å².